The predicted octanol–water partition coefficient (Wildman–Crippen LogP) is 3.65. The summed E-state index contributed by atoms with van der Waals surface area (Å²) < 4.78 is 8.77. The number of nitriles is 1. The Kier molecular flexibility index (Phi) is 13.3. The van der Waals surface area contributed by atoms with E-state index in [9.17, 15) is 29.2 Å². The van der Waals surface area contributed by atoms with E-state index in [-0.39, 0.29) is 42.3 Å². The molecule has 10 rings (SSSR count). The first-order valence-electron chi connectivity index (χ1n) is 24.0. The van der Waals surface area contributed by atoms with Crippen molar-refractivity contribution in [1.82, 2.24) is 49.5 Å². The molecule has 18 heteroatoms. The molecule has 1 unspecified atom stereocenters. The van der Waals surface area contributed by atoms with Gasteiger partial charge in [-0.3, -0.25) is 39.1 Å². The fourth-order valence-electron chi connectivity index (χ4n) is 9.97. The number of nitrogens with one attached hydrogen (secondary N) is 1. The molecular formula is C52H54N12O6. The Hall–Kier alpha value is -7.62. The minimum atomic E-state index is -0.798. The van der Waals surface area contributed by atoms with Crippen LogP contribution in [0.1, 0.15) is 48.5 Å². The van der Waals surface area contributed by atoms with E-state index in [1.54, 1.807) is 36.7 Å². The highest BCUT2D eigenvalue weighted by atomic mass is 16.5. The first kappa shape index (κ1) is 46.1. The number of aromatic nitrogens is 6. The van der Waals surface area contributed by atoms with Gasteiger partial charge in [0.1, 0.15) is 6.04 Å². The average Bonchev–Trinajstić information content (AvgIpc) is 3.37. The maximum Gasteiger partial charge on any atom is 0.275 e. The lowest BCUT2D eigenvalue weighted by atomic mass is 9.97. The Morgan fingerprint density at radius 1 is 0.800 bits per heavy atom. The zero-order chi connectivity index (χ0) is 48.3. The topological polar surface area (TPSA) is 205 Å². The van der Waals surface area contributed by atoms with Gasteiger partial charge in [-0.25, -0.2) is 19.3 Å². The zero-order valence-corrected chi connectivity index (χ0v) is 39.1. The van der Waals surface area contributed by atoms with Crippen molar-refractivity contribution in [2.75, 3.05) is 77.0 Å². The number of hydrogen-bond donors (Lipinski definition) is 1. The van der Waals surface area contributed by atoms with Gasteiger partial charge >= 0.3 is 0 Å². The summed E-state index contributed by atoms with van der Waals surface area (Å²) in [6.07, 6.45) is 5.69. The summed E-state index contributed by atoms with van der Waals surface area (Å²) >= 11 is 0. The zero-order valence-electron chi connectivity index (χ0n) is 39.1. The number of carbonyl (C=O) groups excluding carboxylic acids is 3. The third-order valence-corrected chi connectivity index (χ3v) is 14.0. The molecule has 1 N–H and O–H groups in total. The smallest absolute Gasteiger partial charge is 0.275 e. The molecular weight excluding hydrogens is 889 g/mol. The molecule has 0 radical (unpaired) electrons. The van der Waals surface area contributed by atoms with Crippen LogP contribution in [-0.2, 0) is 20.9 Å². The first-order valence-corrected chi connectivity index (χ1v) is 24.0. The second kappa shape index (κ2) is 20.2. The number of aryl methyl sites for hydroxylation is 1. The van der Waals surface area contributed by atoms with E-state index in [1.807, 2.05) is 60.4 Å². The van der Waals surface area contributed by atoms with Crippen molar-refractivity contribution in [3.05, 3.63) is 129 Å². The van der Waals surface area contributed by atoms with Gasteiger partial charge in [-0.1, -0.05) is 30.3 Å². The van der Waals surface area contributed by atoms with Crippen LogP contribution in [0.2, 0.25) is 0 Å². The number of hydrogen-bond acceptors (Lipinski definition) is 14. The third kappa shape index (κ3) is 10.2. The van der Waals surface area contributed by atoms with Crippen molar-refractivity contribution in [3.8, 4) is 34.5 Å². The van der Waals surface area contributed by atoms with E-state index in [0.29, 0.717) is 58.9 Å². The van der Waals surface area contributed by atoms with Gasteiger partial charge < -0.3 is 14.5 Å². The van der Waals surface area contributed by atoms with Crippen molar-refractivity contribution >= 4 is 34.2 Å². The van der Waals surface area contributed by atoms with Crippen LogP contribution in [0, 0.1) is 30.1 Å². The van der Waals surface area contributed by atoms with Gasteiger partial charge in [-0.15, -0.1) is 0 Å². The highest BCUT2D eigenvalue weighted by Gasteiger charge is 2.34. The summed E-state index contributed by atoms with van der Waals surface area (Å²) in [4.78, 5) is 81.7. The summed E-state index contributed by atoms with van der Waals surface area (Å²) in [6.45, 7) is 10.9. The third-order valence-electron chi connectivity index (χ3n) is 14.0. The Morgan fingerprint density at radius 2 is 1.57 bits per heavy atom. The van der Waals surface area contributed by atoms with Gasteiger partial charge in [0.2, 0.25) is 11.8 Å². The number of nitrogens with zero attached hydrogens (tertiary/aromatic N) is 11. The fourth-order valence-corrected chi connectivity index (χ4v) is 9.97. The van der Waals surface area contributed by atoms with Crippen LogP contribution in [0.15, 0.2) is 101 Å². The molecule has 0 bridgehead atoms. The number of likely N-dealkylation sites (tertiary alicyclic amines) is 2. The average molecular weight is 943 g/mol. The number of imide groups is 1. The minimum absolute atomic E-state index is 0.174. The van der Waals surface area contributed by atoms with Crippen molar-refractivity contribution in [3.63, 3.8) is 0 Å². The maximum absolute atomic E-state index is 13.4. The second-order valence-corrected chi connectivity index (χ2v) is 18.9. The van der Waals surface area contributed by atoms with Gasteiger partial charge in [0.05, 0.1) is 60.5 Å². The van der Waals surface area contributed by atoms with E-state index in [1.165, 1.54) is 15.4 Å². The van der Waals surface area contributed by atoms with Crippen molar-refractivity contribution < 1.29 is 19.1 Å². The quantitative estimate of drug-likeness (QED) is 0.164. The van der Waals surface area contributed by atoms with E-state index in [0.717, 1.165) is 99.5 Å². The Balaban J connectivity index is 0.629. The van der Waals surface area contributed by atoms with E-state index in [2.05, 4.69) is 46.3 Å². The Morgan fingerprint density at radius 3 is 2.34 bits per heavy atom. The van der Waals surface area contributed by atoms with Crippen molar-refractivity contribution in [1.29, 1.82) is 5.26 Å². The van der Waals surface area contributed by atoms with Gasteiger partial charge in [0, 0.05) is 86.4 Å². The first-order chi connectivity index (χ1) is 34.0. The second-order valence-electron chi connectivity index (χ2n) is 18.9. The molecule has 18 nitrogen and oxygen atoms in total. The van der Waals surface area contributed by atoms with E-state index >= 15 is 0 Å². The standard InChI is InChI=1S/C52H54N12O6/c1-34-44-24-41(8-9-43(44)52(69)64(57-34)46-11-12-47(65)56-51(46)68)61-20-18-60(19-21-61)28-38-29-62(30-38)49(67)32-59-16-14-35(15-17-59)33-70-42-26-54-50(55-27-42)40-7-3-5-37(23-40)31-63-48(66)13-10-45(58-63)39-6-2-4-36(22-39)25-53/h2-10,13,22-24,26-27,35,38,46H,11-12,14-21,28-33H2,1H3,(H,56,65,68). The minimum Gasteiger partial charge on any atom is -0.490 e. The summed E-state index contributed by atoms with van der Waals surface area (Å²) in [5.74, 6) is 1.34. The number of piperidine rings is 2. The SMILES string of the molecule is Cc1nn(C2CCC(=O)NC2=O)c(=O)c2ccc(N3CCN(CC4CN(C(=O)CN5CCC(COc6cnc(-c7cccc(Cn8nc(-c9cccc(C#N)c9)ccc8=O)c7)nc6)CC5)C4)CC3)cc12. The van der Waals surface area contributed by atoms with Gasteiger partial charge in [0.25, 0.3) is 17.0 Å². The molecule has 3 aromatic carbocycles. The molecule has 0 aliphatic carbocycles. The molecule has 0 spiro atoms. The number of fused-ring (bicyclic) bond motifs is 1. The van der Waals surface area contributed by atoms with Crippen LogP contribution in [0.3, 0.4) is 0 Å². The van der Waals surface area contributed by atoms with E-state index in [4.69, 9.17) is 4.74 Å². The number of amides is 3. The number of benzene rings is 3. The maximum atomic E-state index is 13.4. The van der Waals surface area contributed by atoms with Crippen molar-refractivity contribution in [2.45, 2.75) is 45.2 Å². The fraction of sp³-hybridized carbons (Fsp3) is 0.385. The number of ether oxygens (including phenoxy) is 1. The lowest BCUT2D eigenvalue weighted by Crippen LogP contribution is -2.58. The number of piperazine rings is 1. The lowest BCUT2D eigenvalue weighted by Gasteiger charge is -2.44. The molecule has 7 heterocycles. The molecule has 3 aromatic heterocycles. The highest BCUT2D eigenvalue weighted by molar-refractivity contribution is 5.99. The Bertz CT molecular complexity index is 3110. The molecule has 6 aromatic rings. The molecule has 4 aliphatic rings. The summed E-state index contributed by atoms with van der Waals surface area (Å²) in [5.41, 5.74) is 4.69. The van der Waals surface area contributed by atoms with Crippen LogP contribution >= 0.6 is 0 Å². The van der Waals surface area contributed by atoms with Crippen LogP contribution in [0.25, 0.3) is 33.4 Å². The summed E-state index contributed by atoms with van der Waals surface area (Å²) in [6, 6.07) is 25.1. The van der Waals surface area contributed by atoms with Crippen LogP contribution in [0.4, 0.5) is 5.69 Å². The molecule has 4 saturated heterocycles. The highest BCUT2D eigenvalue weighted by Crippen LogP contribution is 2.27. The summed E-state index contributed by atoms with van der Waals surface area (Å²) in [5, 5.41) is 22.0. The van der Waals surface area contributed by atoms with Gasteiger partial charge in [0.15, 0.2) is 11.6 Å². The predicted molar refractivity (Wildman–Crippen MR) is 261 cm³/mol. The van der Waals surface area contributed by atoms with Gasteiger partial charge in [-0.2, -0.15) is 15.5 Å². The monoisotopic (exact) mass is 942 g/mol. The van der Waals surface area contributed by atoms with Crippen LogP contribution in [0.5, 0.6) is 5.75 Å². The van der Waals surface area contributed by atoms with Crippen LogP contribution in [-0.4, -0.2) is 134 Å². The molecule has 3 amide bonds. The number of carbonyl (C=O) groups is 3. The number of anilines is 1. The normalized spacial score (nSPS) is 18.4. The Labute approximate surface area is 404 Å². The number of rotatable bonds is 13. The molecule has 4 aliphatic heterocycles. The van der Waals surface area contributed by atoms with E-state index < -0.39 is 11.9 Å². The molecule has 1 atom stereocenters. The molecule has 358 valence electrons. The molecule has 4 fully saturated rings. The molecule has 70 heavy (non-hydrogen) atoms. The van der Waals surface area contributed by atoms with Gasteiger partial charge in [-0.05, 0) is 93.2 Å². The lowest BCUT2D eigenvalue weighted by molar-refractivity contribution is -0.140. The van der Waals surface area contributed by atoms with Crippen LogP contribution < -0.4 is 26.1 Å². The largest absolute Gasteiger partial charge is 0.490 e. The molecule has 0 saturated carbocycles. The van der Waals surface area contributed by atoms with Crippen molar-refractivity contribution in [2.24, 2.45) is 11.8 Å². The summed E-state index contributed by atoms with van der Waals surface area (Å²) in [7, 11) is 0.